The predicted molar refractivity (Wildman–Crippen MR) is 64.1 cm³/mol. The number of rotatable bonds is 6. The Bertz CT molecular complexity index is 428. The van der Waals surface area contributed by atoms with E-state index in [1.54, 1.807) is 11.8 Å². The molecule has 0 aliphatic rings. The van der Waals surface area contributed by atoms with Crippen molar-refractivity contribution in [2.24, 2.45) is 5.73 Å². The summed E-state index contributed by atoms with van der Waals surface area (Å²) in [7, 11) is 0. The topological polar surface area (TPSA) is 98.7 Å². The molecule has 0 aromatic carbocycles. The maximum atomic E-state index is 11.4. The third-order valence-electron chi connectivity index (χ3n) is 2.17. The van der Waals surface area contributed by atoms with Gasteiger partial charge in [0.25, 0.3) is 6.01 Å². The maximum Gasteiger partial charge on any atom is 0.360 e. The summed E-state index contributed by atoms with van der Waals surface area (Å²) >= 11 is 0. The minimum Gasteiger partial charge on any atom is -0.461 e. The molecule has 2 N–H and O–H groups in total. The zero-order chi connectivity index (χ0) is 13.7. The Balaban J connectivity index is 2.87. The van der Waals surface area contributed by atoms with Crippen molar-refractivity contribution in [2.75, 3.05) is 18.1 Å². The van der Waals surface area contributed by atoms with Gasteiger partial charge in [-0.1, -0.05) is 0 Å². The molecule has 0 fully saturated rings. The number of nitrogens with two attached hydrogens (primary N) is 1. The zero-order valence-corrected chi connectivity index (χ0v) is 10.7. The molecule has 1 rings (SSSR count). The van der Waals surface area contributed by atoms with E-state index in [2.05, 4.69) is 4.98 Å². The highest BCUT2D eigenvalue weighted by Gasteiger charge is 2.21. The van der Waals surface area contributed by atoms with Gasteiger partial charge in [0.2, 0.25) is 5.91 Å². The average molecular weight is 255 g/mol. The number of esters is 1. The van der Waals surface area contributed by atoms with Crippen molar-refractivity contribution in [2.45, 2.75) is 26.8 Å². The molecule has 0 radical (unpaired) electrons. The molecule has 0 unspecified atom stereocenters. The molecule has 0 spiro atoms. The highest BCUT2D eigenvalue weighted by molar-refractivity contribution is 5.87. The summed E-state index contributed by atoms with van der Waals surface area (Å²) < 4.78 is 9.95. The Morgan fingerprint density at radius 2 is 2.22 bits per heavy atom. The van der Waals surface area contributed by atoms with Crippen LogP contribution < -0.4 is 10.6 Å². The standard InChI is InChI=1S/C11H17N3O4/c1-4-17-10(16)8-6-18-11(13-8)14(7(2)3)5-9(12)15/h6-7H,4-5H2,1-3H3,(H2,12,15). The molecular weight excluding hydrogens is 238 g/mol. The average Bonchev–Trinajstić information content (AvgIpc) is 2.74. The first-order valence-corrected chi connectivity index (χ1v) is 5.63. The molecule has 0 bridgehead atoms. The normalized spacial score (nSPS) is 10.4. The number of primary amides is 1. The molecule has 7 nitrogen and oxygen atoms in total. The van der Waals surface area contributed by atoms with Crippen LogP contribution in [0, 0.1) is 0 Å². The van der Waals surface area contributed by atoms with Crippen molar-refractivity contribution >= 4 is 17.9 Å². The lowest BCUT2D eigenvalue weighted by atomic mass is 10.3. The largest absolute Gasteiger partial charge is 0.461 e. The van der Waals surface area contributed by atoms with Crippen molar-refractivity contribution < 1.29 is 18.7 Å². The Morgan fingerprint density at radius 1 is 1.56 bits per heavy atom. The lowest BCUT2D eigenvalue weighted by Crippen LogP contribution is -2.38. The molecule has 7 heteroatoms. The van der Waals surface area contributed by atoms with Crippen LogP contribution in [0.4, 0.5) is 6.01 Å². The number of aromatic nitrogens is 1. The molecule has 1 aromatic rings. The Labute approximate surface area is 105 Å². The van der Waals surface area contributed by atoms with E-state index in [1.165, 1.54) is 6.26 Å². The van der Waals surface area contributed by atoms with Crippen molar-refractivity contribution in [3.05, 3.63) is 12.0 Å². The fraction of sp³-hybridized carbons (Fsp3) is 0.545. The fourth-order valence-corrected chi connectivity index (χ4v) is 1.33. The first-order chi connectivity index (χ1) is 8.45. The summed E-state index contributed by atoms with van der Waals surface area (Å²) in [6.45, 7) is 5.65. The SMILES string of the molecule is CCOC(=O)c1coc(N(CC(N)=O)C(C)C)n1. The van der Waals surface area contributed by atoms with Crippen LogP contribution in [-0.2, 0) is 9.53 Å². The second-order valence-corrected chi connectivity index (χ2v) is 3.92. The van der Waals surface area contributed by atoms with E-state index in [-0.39, 0.29) is 30.9 Å². The summed E-state index contributed by atoms with van der Waals surface area (Å²) in [6.07, 6.45) is 1.20. The number of carbonyl (C=O) groups excluding carboxylic acids is 2. The summed E-state index contributed by atoms with van der Waals surface area (Å²) in [6, 6.07) is 0.137. The number of carbonyl (C=O) groups is 2. The van der Waals surface area contributed by atoms with Gasteiger partial charge < -0.3 is 19.8 Å². The molecule has 100 valence electrons. The number of ether oxygens (including phenoxy) is 1. The summed E-state index contributed by atoms with van der Waals surface area (Å²) in [5.74, 6) is -1.06. The molecular formula is C11H17N3O4. The maximum absolute atomic E-state index is 11.4. The molecule has 0 atom stereocenters. The second-order valence-electron chi connectivity index (χ2n) is 3.92. The van der Waals surface area contributed by atoms with Gasteiger partial charge in [-0.05, 0) is 20.8 Å². The minimum atomic E-state index is -0.560. The number of anilines is 1. The fourth-order valence-electron chi connectivity index (χ4n) is 1.33. The predicted octanol–water partition coefficient (Wildman–Crippen LogP) is 0.551. The number of oxazole rings is 1. The molecule has 0 aliphatic heterocycles. The van der Waals surface area contributed by atoms with Gasteiger partial charge in [-0.25, -0.2) is 4.79 Å². The summed E-state index contributed by atoms with van der Waals surface area (Å²) in [5, 5.41) is 0. The van der Waals surface area contributed by atoms with Crippen LogP contribution >= 0.6 is 0 Å². The summed E-state index contributed by atoms with van der Waals surface area (Å²) in [5.41, 5.74) is 5.21. The first kappa shape index (κ1) is 14.0. The molecule has 1 heterocycles. The van der Waals surface area contributed by atoms with Crippen molar-refractivity contribution in [3.63, 3.8) is 0 Å². The van der Waals surface area contributed by atoms with Gasteiger partial charge >= 0.3 is 5.97 Å². The molecule has 18 heavy (non-hydrogen) atoms. The first-order valence-electron chi connectivity index (χ1n) is 5.63. The third-order valence-corrected chi connectivity index (χ3v) is 2.17. The van der Waals surface area contributed by atoms with E-state index < -0.39 is 11.9 Å². The Kier molecular flexibility index (Phi) is 4.70. The van der Waals surface area contributed by atoms with E-state index in [4.69, 9.17) is 14.9 Å². The highest BCUT2D eigenvalue weighted by atomic mass is 16.5. The van der Waals surface area contributed by atoms with Crippen molar-refractivity contribution in [1.82, 2.24) is 4.98 Å². The monoisotopic (exact) mass is 255 g/mol. The van der Waals surface area contributed by atoms with Gasteiger partial charge in [0.1, 0.15) is 12.8 Å². The quantitative estimate of drug-likeness (QED) is 0.745. The van der Waals surface area contributed by atoms with Crippen LogP contribution in [0.2, 0.25) is 0 Å². The molecule has 0 aliphatic carbocycles. The van der Waals surface area contributed by atoms with Crippen LogP contribution in [-0.4, -0.2) is 36.1 Å². The van der Waals surface area contributed by atoms with Crippen LogP contribution in [0.15, 0.2) is 10.7 Å². The lowest BCUT2D eigenvalue weighted by molar-refractivity contribution is -0.116. The van der Waals surface area contributed by atoms with E-state index in [1.807, 2.05) is 13.8 Å². The van der Waals surface area contributed by atoms with E-state index in [0.717, 1.165) is 0 Å². The van der Waals surface area contributed by atoms with Gasteiger partial charge in [0.05, 0.1) is 6.61 Å². The summed E-state index contributed by atoms with van der Waals surface area (Å²) in [4.78, 5) is 27.9. The van der Waals surface area contributed by atoms with E-state index in [0.29, 0.717) is 0 Å². The van der Waals surface area contributed by atoms with Gasteiger partial charge in [-0.2, -0.15) is 4.98 Å². The van der Waals surface area contributed by atoms with Crippen LogP contribution in [0.3, 0.4) is 0 Å². The van der Waals surface area contributed by atoms with E-state index >= 15 is 0 Å². The minimum absolute atomic E-state index is 0.0273. The van der Waals surface area contributed by atoms with Gasteiger partial charge in [-0.3, -0.25) is 4.79 Å². The van der Waals surface area contributed by atoms with Crippen molar-refractivity contribution in [1.29, 1.82) is 0 Å². The van der Waals surface area contributed by atoms with Gasteiger partial charge in [-0.15, -0.1) is 0 Å². The molecule has 0 saturated heterocycles. The van der Waals surface area contributed by atoms with Gasteiger partial charge in [0.15, 0.2) is 5.69 Å². The number of hydrogen-bond acceptors (Lipinski definition) is 6. The third kappa shape index (κ3) is 3.47. The van der Waals surface area contributed by atoms with E-state index in [9.17, 15) is 9.59 Å². The molecule has 1 aromatic heterocycles. The molecule has 0 saturated carbocycles. The van der Waals surface area contributed by atoms with Crippen LogP contribution in [0.1, 0.15) is 31.3 Å². The number of nitrogens with zero attached hydrogens (tertiary/aromatic N) is 2. The highest BCUT2D eigenvalue weighted by Crippen LogP contribution is 2.16. The van der Waals surface area contributed by atoms with Crippen LogP contribution in [0.25, 0.3) is 0 Å². The van der Waals surface area contributed by atoms with Crippen molar-refractivity contribution in [3.8, 4) is 0 Å². The lowest BCUT2D eigenvalue weighted by Gasteiger charge is -2.22. The Hall–Kier alpha value is -2.05. The Morgan fingerprint density at radius 3 is 2.72 bits per heavy atom. The van der Waals surface area contributed by atoms with Gasteiger partial charge in [0, 0.05) is 6.04 Å². The molecule has 1 amide bonds. The zero-order valence-electron chi connectivity index (χ0n) is 10.7. The number of hydrogen-bond donors (Lipinski definition) is 1. The second kappa shape index (κ2) is 6.04. The van der Waals surface area contributed by atoms with Crippen LogP contribution in [0.5, 0.6) is 0 Å². The smallest absolute Gasteiger partial charge is 0.360 e. The number of amides is 1.